The summed E-state index contributed by atoms with van der Waals surface area (Å²) in [7, 11) is -2.67. The summed E-state index contributed by atoms with van der Waals surface area (Å²) >= 11 is 4.66. The highest BCUT2D eigenvalue weighted by molar-refractivity contribution is 7.93. The molecule has 0 aliphatic heterocycles. The zero-order valence-electron chi connectivity index (χ0n) is 10.7. The Morgan fingerprint density at radius 1 is 1.35 bits per heavy atom. The molecule has 0 saturated heterocycles. The Kier molecular flexibility index (Phi) is 5.71. The van der Waals surface area contributed by atoms with Gasteiger partial charge in [-0.2, -0.15) is 0 Å². The molecule has 1 rings (SSSR count). The van der Waals surface area contributed by atoms with E-state index in [1.807, 2.05) is 0 Å². The highest BCUT2D eigenvalue weighted by Gasteiger charge is 2.16. The molecule has 1 aromatic rings. The van der Waals surface area contributed by atoms with Crippen LogP contribution in [0, 0.1) is 0 Å². The molecule has 20 heavy (non-hydrogen) atoms. The Labute approximate surface area is 122 Å². The van der Waals surface area contributed by atoms with E-state index in [1.165, 1.54) is 12.1 Å². The normalized spacial score (nSPS) is 10.7. The molecule has 0 aliphatic carbocycles. The van der Waals surface area contributed by atoms with Crippen LogP contribution in [-0.4, -0.2) is 38.8 Å². The molecule has 9 heteroatoms. The van der Waals surface area contributed by atoms with Crippen molar-refractivity contribution in [2.45, 2.75) is 0 Å². The number of rotatable bonds is 7. The van der Waals surface area contributed by atoms with Gasteiger partial charge < -0.3 is 15.2 Å². The van der Waals surface area contributed by atoms with Gasteiger partial charge in [-0.25, -0.2) is 8.42 Å². The third kappa shape index (κ3) is 5.85. The Hall–Kier alpha value is -1.87. The Morgan fingerprint density at radius 2 is 1.95 bits per heavy atom. The van der Waals surface area contributed by atoms with Gasteiger partial charge in [-0.15, -0.1) is 0 Å². The summed E-state index contributed by atoms with van der Waals surface area (Å²) in [4.78, 5) is 11.2. The topological polar surface area (TPSA) is 108 Å². The molecule has 0 spiro atoms. The van der Waals surface area contributed by atoms with Crippen molar-refractivity contribution in [1.82, 2.24) is 0 Å². The molecule has 0 saturated carbocycles. The molecule has 0 unspecified atom stereocenters. The smallest absolute Gasteiger partial charge is 0.322 e. The molecular weight excluding hydrogens is 304 g/mol. The number of carbonyl (C=O) groups is 1. The standard InChI is InChI=1S/C11H14N2O5S2/c1-17-11(14)7-20(15,16)13-8-2-4-9(5-3-8)18-6-10(12)19/h2-5,13H,6-7H2,1H3,(H2,12,19). The fourth-order valence-electron chi connectivity index (χ4n) is 1.20. The number of sulfonamides is 1. The summed E-state index contributed by atoms with van der Waals surface area (Å²) in [5.41, 5.74) is 5.59. The number of hydrogen-bond donors (Lipinski definition) is 2. The lowest BCUT2D eigenvalue weighted by atomic mass is 10.3. The first-order valence-corrected chi connectivity index (χ1v) is 7.47. The highest BCUT2D eigenvalue weighted by Crippen LogP contribution is 2.16. The number of nitrogens with two attached hydrogens (primary N) is 1. The summed E-state index contributed by atoms with van der Waals surface area (Å²) in [6.07, 6.45) is 0. The molecule has 7 nitrogen and oxygen atoms in total. The first-order valence-electron chi connectivity index (χ1n) is 5.41. The first kappa shape index (κ1) is 16.2. The van der Waals surface area contributed by atoms with E-state index in [1.54, 1.807) is 12.1 Å². The second-order valence-electron chi connectivity index (χ2n) is 3.72. The van der Waals surface area contributed by atoms with Crippen LogP contribution >= 0.6 is 12.2 Å². The van der Waals surface area contributed by atoms with E-state index in [0.717, 1.165) is 7.11 Å². The van der Waals surface area contributed by atoms with Crippen LogP contribution in [0.5, 0.6) is 5.75 Å². The van der Waals surface area contributed by atoms with Crippen LogP contribution < -0.4 is 15.2 Å². The number of nitrogens with one attached hydrogen (secondary N) is 1. The van der Waals surface area contributed by atoms with Crippen molar-refractivity contribution in [3.8, 4) is 5.75 Å². The molecule has 0 radical (unpaired) electrons. The second kappa shape index (κ2) is 7.06. The molecular formula is C11H14N2O5S2. The van der Waals surface area contributed by atoms with Crippen LogP contribution in [0.1, 0.15) is 0 Å². The molecule has 0 bridgehead atoms. The largest absolute Gasteiger partial charge is 0.487 e. The predicted octanol–water partition coefficient (Wildman–Crippen LogP) is 0.266. The zero-order valence-corrected chi connectivity index (χ0v) is 12.3. The maximum absolute atomic E-state index is 11.6. The Morgan fingerprint density at radius 3 is 2.45 bits per heavy atom. The molecule has 0 aliphatic rings. The van der Waals surface area contributed by atoms with Crippen molar-refractivity contribution in [2.75, 3.05) is 24.2 Å². The number of anilines is 1. The van der Waals surface area contributed by atoms with E-state index in [9.17, 15) is 13.2 Å². The third-order valence-corrected chi connectivity index (χ3v) is 3.32. The van der Waals surface area contributed by atoms with E-state index < -0.39 is 21.7 Å². The number of benzene rings is 1. The van der Waals surface area contributed by atoms with Crippen molar-refractivity contribution < 1.29 is 22.7 Å². The lowest BCUT2D eigenvalue weighted by Gasteiger charge is -2.08. The Bertz CT molecular complexity index is 583. The monoisotopic (exact) mass is 318 g/mol. The fourth-order valence-corrected chi connectivity index (χ4v) is 2.26. The molecule has 3 N–H and O–H groups in total. The van der Waals surface area contributed by atoms with E-state index in [0.29, 0.717) is 11.4 Å². The van der Waals surface area contributed by atoms with Gasteiger partial charge in [-0.3, -0.25) is 9.52 Å². The lowest BCUT2D eigenvalue weighted by Crippen LogP contribution is -2.23. The average Bonchev–Trinajstić information content (AvgIpc) is 2.36. The van der Waals surface area contributed by atoms with Gasteiger partial charge >= 0.3 is 5.97 Å². The van der Waals surface area contributed by atoms with Crippen LogP contribution in [0.2, 0.25) is 0 Å². The van der Waals surface area contributed by atoms with Crippen molar-refractivity contribution in [1.29, 1.82) is 0 Å². The van der Waals surface area contributed by atoms with Crippen molar-refractivity contribution in [3.63, 3.8) is 0 Å². The molecule has 1 aromatic carbocycles. The van der Waals surface area contributed by atoms with Gasteiger partial charge in [-0.05, 0) is 24.3 Å². The van der Waals surface area contributed by atoms with Crippen LogP contribution in [0.15, 0.2) is 24.3 Å². The number of hydrogen-bond acceptors (Lipinski definition) is 6. The summed E-state index contributed by atoms with van der Waals surface area (Å²) in [6.45, 7) is 0.0999. The fraction of sp³-hybridized carbons (Fsp3) is 0.273. The summed E-state index contributed by atoms with van der Waals surface area (Å²) in [5, 5.41) is 0. The van der Waals surface area contributed by atoms with E-state index in [-0.39, 0.29) is 11.6 Å². The Balaban J connectivity index is 2.65. The van der Waals surface area contributed by atoms with Crippen LogP contribution in [0.4, 0.5) is 5.69 Å². The summed E-state index contributed by atoms with van der Waals surface area (Å²) in [5.74, 6) is -1.09. The molecule has 110 valence electrons. The van der Waals surface area contributed by atoms with Crippen LogP contribution in [0.3, 0.4) is 0 Å². The average molecular weight is 318 g/mol. The van der Waals surface area contributed by atoms with Gasteiger partial charge in [-0.1, -0.05) is 12.2 Å². The molecule has 0 amide bonds. The minimum absolute atomic E-state index is 0.0999. The number of ether oxygens (including phenoxy) is 2. The van der Waals surface area contributed by atoms with Crippen molar-refractivity contribution >= 4 is 38.9 Å². The minimum atomic E-state index is -3.79. The van der Waals surface area contributed by atoms with Crippen LogP contribution in [-0.2, 0) is 19.6 Å². The van der Waals surface area contributed by atoms with Crippen molar-refractivity contribution in [3.05, 3.63) is 24.3 Å². The summed E-state index contributed by atoms with van der Waals surface area (Å²) in [6, 6.07) is 6.08. The molecule has 0 atom stereocenters. The quantitative estimate of drug-likeness (QED) is 0.548. The number of methoxy groups -OCH3 is 1. The van der Waals surface area contributed by atoms with Crippen LogP contribution in [0.25, 0.3) is 0 Å². The minimum Gasteiger partial charge on any atom is -0.487 e. The first-order chi connectivity index (χ1) is 9.32. The second-order valence-corrected chi connectivity index (χ2v) is 5.96. The van der Waals surface area contributed by atoms with Gasteiger partial charge in [0, 0.05) is 5.69 Å². The van der Waals surface area contributed by atoms with Gasteiger partial charge in [0.25, 0.3) is 0 Å². The number of carbonyl (C=O) groups excluding carboxylic acids is 1. The summed E-state index contributed by atoms with van der Waals surface area (Å²) < 4.78 is 34.9. The number of esters is 1. The SMILES string of the molecule is COC(=O)CS(=O)(=O)Nc1ccc(OCC(N)=S)cc1. The maximum Gasteiger partial charge on any atom is 0.322 e. The van der Waals surface area contributed by atoms with E-state index in [2.05, 4.69) is 21.7 Å². The van der Waals surface area contributed by atoms with Gasteiger partial charge in [0.15, 0.2) is 5.75 Å². The molecule has 0 heterocycles. The zero-order chi connectivity index (χ0) is 15.2. The van der Waals surface area contributed by atoms with Gasteiger partial charge in [0.1, 0.15) is 17.3 Å². The molecule has 0 aromatic heterocycles. The third-order valence-electron chi connectivity index (χ3n) is 2.04. The van der Waals surface area contributed by atoms with Crippen molar-refractivity contribution in [2.24, 2.45) is 5.73 Å². The van der Waals surface area contributed by atoms with Gasteiger partial charge in [0.2, 0.25) is 10.0 Å². The highest BCUT2D eigenvalue weighted by atomic mass is 32.2. The maximum atomic E-state index is 11.6. The predicted molar refractivity (Wildman–Crippen MR) is 78.1 cm³/mol. The van der Waals surface area contributed by atoms with E-state index >= 15 is 0 Å². The molecule has 0 fully saturated rings. The number of thiocarbonyl (C=S) groups is 1. The lowest BCUT2D eigenvalue weighted by molar-refractivity contribution is -0.137. The van der Waals surface area contributed by atoms with Gasteiger partial charge in [0.05, 0.1) is 7.11 Å². The van der Waals surface area contributed by atoms with E-state index in [4.69, 9.17) is 10.5 Å².